The number of aromatic nitrogens is 2. The molecule has 1 amide bonds. The van der Waals surface area contributed by atoms with Gasteiger partial charge in [0, 0.05) is 16.9 Å². The second-order valence-corrected chi connectivity index (χ2v) is 8.75. The number of nitrogens with one attached hydrogen (secondary N) is 2. The van der Waals surface area contributed by atoms with Crippen LogP contribution in [0.4, 0.5) is 15.9 Å². The summed E-state index contributed by atoms with van der Waals surface area (Å²) in [6.07, 6.45) is 3.53. The number of benzene rings is 3. The Bertz CT molecular complexity index is 1510. The first-order valence-corrected chi connectivity index (χ1v) is 11.9. The smallest absolute Gasteiger partial charge is 0.261 e. The van der Waals surface area contributed by atoms with Crippen LogP contribution in [0, 0.1) is 12.7 Å². The summed E-state index contributed by atoms with van der Waals surface area (Å²) in [7, 11) is 4.68. The van der Waals surface area contributed by atoms with Crippen molar-refractivity contribution < 1.29 is 23.4 Å². The predicted molar refractivity (Wildman–Crippen MR) is 144 cm³/mol. The SMILES string of the molecule is COc1ccc([C@H]2C=C(c3ccc(C)cc3)Nc3c(C(=O)Nc4ccc(F)cc4)cnn32)c(OC)c1OC. The first-order valence-electron chi connectivity index (χ1n) is 11.9. The van der Waals surface area contributed by atoms with Crippen molar-refractivity contribution in [3.8, 4) is 17.2 Å². The van der Waals surface area contributed by atoms with E-state index in [1.807, 2.05) is 49.4 Å². The standard InChI is InChI=1S/C29H27FN4O4/c1-17-5-7-18(8-6-17)23-15-24(21-13-14-25(36-2)27(38-4)26(21)37-3)34-28(33-23)22(16-31-34)29(35)32-20-11-9-19(30)10-12-20/h5-16,24,33H,1-4H3,(H,32,35)/t24-/m1/s1. The number of ether oxygens (including phenoxy) is 3. The van der Waals surface area contributed by atoms with Gasteiger partial charge in [0.25, 0.3) is 5.91 Å². The summed E-state index contributed by atoms with van der Waals surface area (Å²) < 4.78 is 31.9. The van der Waals surface area contributed by atoms with Crippen molar-refractivity contribution in [3.05, 3.63) is 101 Å². The van der Waals surface area contributed by atoms with Gasteiger partial charge in [0.15, 0.2) is 11.5 Å². The lowest BCUT2D eigenvalue weighted by Crippen LogP contribution is -2.22. The number of carbonyl (C=O) groups is 1. The van der Waals surface area contributed by atoms with Crippen molar-refractivity contribution in [2.45, 2.75) is 13.0 Å². The van der Waals surface area contributed by atoms with Gasteiger partial charge in [-0.15, -0.1) is 0 Å². The summed E-state index contributed by atoms with van der Waals surface area (Å²) in [5.41, 5.74) is 4.45. The Morgan fingerprint density at radius 1 is 0.947 bits per heavy atom. The Labute approximate surface area is 219 Å². The van der Waals surface area contributed by atoms with Crippen LogP contribution in [0.5, 0.6) is 17.2 Å². The van der Waals surface area contributed by atoms with E-state index in [0.29, 0.717) is 34.3 Å². The number of amides is 1. The molecule has 0 unspecified atom stereocenters. The average Bonchev–Trinajstić information content (AvgIpc) is 3.37. The van der Waals surface area contributed by atoms with Crippen LogP contribution in [0.3, 0.4) is 0 Å². The Balaban J connectivity index is 1.62. The van der Waals surface area contributed by atoms with Crippen LogP contribution < -0.4 is 24.8 Å². The number of hydrogen-bond donors (Lipinski definition) is 2. The Hall–Kier alpha value is -4.79. The van der Waals surface area contributed by atoms with Gasteiger partial charge >= 0.3 is 0 Å². The molecule has 2 N–H and O–H groups in total. The molecule has 0 aliphatic carbocycles. The van der Waals surface area contributed by atoms with Crippen molar-refractivity contribution >= 4 is 23.1 Å². The van der Waals surface area contributed by atoms with Crippen LogP contribution in [-0.2, 0) is 0 Å². The van der Waals surface area contributed by atoms with Crippen LogP contribution in [0.15, 0.2) is 72.9 Å². The third-order valence-electron chi connectivity index (χ3n) is 6.40. The third kappa shape index (κ3) is 4.54. The molecule has 1 atom stereocenters. The van der Waals surface area contributed by atoms with Gasteiger partial charge < -0.3 is 24.8 Å². The minimum absolute atomic E-state index is 0.330. The van der Waals surface area contributed by atoms with Crippen LogP contribution in [0.2, 0.25) is 0 Å². The first kappa shape index (κ1) is 24.9. The van der Waals surface area contributed by atoms with E-state index in [-0.39, 0.29) is 11.7 Å². The number of fused-ring (bicyclic) bond motifs is 1. The fraction of sp³-hybridized carbons (Fsp3) is 0.172. The Morgan fingerprint density at radius 2 is 1.66 bits per heavy atom. The molecular weight excluding hydrogens is 487 g/mol. The molecule has 38 heavy (non-hydrogen) atoms. The van der Waals surface area contributed by atoms with Crippen molar-refractivity contribution in [2.24, 2.45) is 0 Å². The number of aryl methyl sites for hydroxylation is 1. The molecular formula is C29H27FN4O4. The molecule has 9 heteroatoms. The number of carbonyl (C=O) groups excluding carboxylic acids is 1. The highest BCUT2D eigenvalue weighted by Gasteiger charge is 2.31. The lowest BCUT2D eigenvalue weighted by atomic mass is 9.99. The normalized spacial score (nSPS) is 14.1. The summed E-state index contributed by atoms with van der Waals surface area (Å²) in [5.74, 6) is 1.23. The number of anilines is 2. The van der Waals surface area contributed by atoms with E-state index < -0.39 is 6.04 Å². The van der Waals surface area contributed by atoms with Gasteiger partial charge in [0.1, 0.15) is 23.2 Å². The molecule has 0 radical (unpaired) electrons. The van der Waals surface area contributed by atoms with Crippen LogP contribution >= 0.6 is 0 Å². The molecule has 0 saturated carbocycles. The molecule has 0 saturated heterocycles. The van der Waals surface area contributed by atoms with E-state index in [4.69, 9.17) is 14.2 Å². The average molecular weight is 515 g/mol. The second-order valence-electron chi connectivity index (χ2n) is 8.75. The summed E-state index contributed by atoms with van der Waals surface area (Å²) in [6.45, 7) is 2.02. The highest BCUT2D eigenvalue weighted by molar-refractivity contribution is 6.08. The molecule has 0 fully saturated rings. The Morgan fingerprint density at radius 3 is 2.32 bits per heavy atom. The maximum atomic E-state index is 13.4. The van der Waals surface area contributed by atoms with Gasteiger partial charge in [-0.25, -0.2) is 9.07 Å². The van der Waals surface area contributed by atoms with Gasteiger partial charge in [0.05, 0.1) is 27.5 Å². The highest BCUT2D eigenvalue weighted by Crippen LogP contribution is 2.45. The Kier molecular flexibility index (Phi) is 6.74. The van der Waals surface area contributed by atoms with Gasteiger partial charge in [-0.2, -0.15) is 5.10 Å². The fourth-order valence-electron chi connectivity index (χ4n) is 4.47. The molecule has 1 aromatic heterocycles. The number of hydrogen-bond acceptors (Lipinski definition) is 6. The molecule has 0 spiro atoms. The minimum Gasteiger partial charge on any atom is -0.493 e. The minimum atomic E-state index is -0.440. The lowest BCUT2D eigenvalue weighted by molar-refractivity contribution is 0.102. The van der Waals surface area contributed by atoms with E-state index in [1.54, 1.807) is 26.0 Å². The van der Waals surface area contributed by atoms with Crippen molar-refractivity contribution in [2.75, 3.05) is 32.0 Å². The molecule has 5 rings (SSSR count). The molecule has 0 bridgehead atoms. The van der Waals surface area contributed by atoms with Crippen LogP contribution in [0.1, 0.15) is 33.1 Å². The third-order valence-corrected chi connectivity index (χ3v) is 6.40. The van der Waals surface area contributed by atoms with Gasteiger partial charge in [0.2, 0.25) is 5.75 Å². The molecule has 8 nitrogen and oxygen atoms in total. The molecule has 4 aromatic rings. The van der Waals surface area contributed by atoms with Crippen molar-refractivity contribution in [3.63, 3.8) is 0 Å². The van der Waals surface area contributed by atoms with E-state index >= 15 is 0 Å². The van der Waals surface area contributed by atoms with E-state index in [2.05, 4.69) is 15.7 Å². The first-order chi connectivity index (χ1) is 18.4. The molecule has 194 valence electrons. The zero-order valence-electron chi connectivity index (χ0n) is 21.4. The second kappa shape index (κ2) is 10.3. The zero-order valence-corrected chi connectivity index (χ0v) is 21.4. The predicted octanol–water partition coefficient (Wildman–Crippen LogP) is 5.66. The molecule has 1 aliphatic rings. The number of allylic oxidation sites excluding steroid dienone is 1. The van der Waals surface area contributed by atoms with E-state index in [1.165, 1.54) is 30.5 Å². The van der Waals surface area contributed by atoms with Crippen molar-refractivity contribution in [1.29, 1.82) is 0 Å². The largest absolute Gasteiger partial charge is 0.493 e. The highest BCUT2D eigenvalue weighted by atomic mass is 19.1. The number of nitrogens with zero attached hydrogens (tertiary/aromatic N) is 2. The zero-order chi connectivity index (χ0) is 26.8. The number of rotatable bonds is 7. The summed E-state index contributed by atoms with van der Waals surface area (Å²) in [6, 6.07) is 16.9. The summed E-state index contributed by atoms with van der Waals surface area (Å²) in [4.78, 5) is 13.3. The van der Waals surface area contributed by atoms with Crippen molar-refractivity contribution in [1.82, 2.24) is 9.78 Å². The van der Waals surface area contributed by atoms with E-state index in [9.17, 15) is 9.18 Å². The van der Waals surface area contributed by atoms with Gasteiger partial charge in [-0.1, -0.05) is 29.8 Å². The van der Waals surface area contributed by atoms with Crippen LogP contribution in [0.25, 0.3) is 5.70 Å². The number of halogens is 1. The van der Waals surface area contributed by atoms with Crippen LogP contribution in [-0.4, -0.2) is 37.0 Å². The van der Waals surface area contributed by atoms with Gasteiger partial charge in [-0.05, 0) is 55.0 Å². The maximum Gasteiger partial charge on any atom is 0.261 e. The van der Waals surface area contributed by atoms with Gasteiger partial charge in [-0.3, -0.25) is 4.79 Å². The quantitative estimate of drug-likeness (QED) is 0.331. The summed E-state index contributed by atoms with van der Waals surface area (Å²) >= 11 is 0. The molecule has 2 heterocycles. The topological polar surface area (TPSA) is 86.6 Å². The molecule has 1 aliphatic heterocycles. The fourth-order valence-corrected chi connectivity index (χ4v) is 4.47. The maximum absolute atomic E-state index is 13.4. The van der Waals surface area contributed by atoms with E-state index in [0.717, 1.165) is 22.4 Å². The molecule has 3 aromatic carbocycles. The lowest BCUT2D eigenvalue weighted by Gasteiger charge is -2.28. The summed E-state index contributed by atoms with van der Waals surface area (Å²) in [5, 5.41) is 10.8. The monoisotopic (exact) mass is 514 g/mol. The number of methoxy groups -OCH3 is 3.